The lowest BCUT2D eigenvalue weighted by Gasteiger charge is -2.21. The molecule has 0 saturated carbocycles. The van der Waals surface area contributed by atoms with Crippen molar-refractivity contribution in [3.05, 3.63) is 71.3 Å². The molecule has 3 rings (SSSR count). The van der Waals surface area contributed by atoms with Crippen LogP contribution in [-0.2, 0) is 0 Å². The van der Waals surface area contributed by atoms with Gasteiger partial charge in [0.05, 0.1) is 0 Å². The van der Waals surface area contributed by atoms with Gasteiger partial charge >= 0.3 is 0 Å². The highest BCUT2D eigenvalue weighted by Crippen LogP contribution is 2.23. The summed E-state index contributed by atoms with van der Waals surface area (Å²) in [5.41, 5.74) is 1.20. The van der Waals surface area contributed by atoms with E-state index in [1.807, 2.05) is 42.2 Å². The third kappa shape index (κ3) is 4.28. The van der Waals surface area contributed by atoms with Gasteiger partial charge in [-0.2, -0.15) is 0 Å². The number of likely N-dealkylation sites (tertiary alicyclic amines) is 1. The van der Waals surface area contributed by atoms with E-state index in [2.05, 4.69) is 5.32 Å². The van der Waals surface area contributed by atoms with Crippen molar-refractivity contribution in [2.45, 2.75) is 25.8 Å². The summed E-state index contributed by atoms with van der Waals surface area (Å²) in [6.45, 7) is 4.11. The number of halogens is 2. The molecule has 1 amide bonds. The quantitative estimate of drug-likeness (QED) is 0.841. The van der Waals surface area contributed by atoms with E-state index in [1.165, 1.54) is 12.1 Å². The second-order valence-electron chi connectivity index (χ2n) is 6.81. The normalized spacial score (nSPS) is 18.1. The molecule has 5 heteroatoms. The van der Waals surface area contributed by atoms with Crippen molar-refractivity contribution in [1.82, 2.24) is 10.2 Å². The number of nitrogens with one attached hydrogen (secondary N) is 1. The zero-order chi connectivity index (χ0) is 18.5. The lowest BCUT2D eigenvalue weighted by atomic mass is 10.0. The van der Waals surface area contributed by atoms with Crippen molar-refractivity contribution in [3.63, 3.8) is 0 Å². The second kappa shape index (κ2) is 8.41. The van der Waals surface area contributed by atoms with Crippen molar-refractivity contribution in [3.8, 4) is 0 Å². The zero-order valence-corrected chi connectivity index (χ0v) is 14.9. The van der Waals surface area contributed by atoms with Crippen LogP contribution in [0.4, 0.5) is 8.78 Å². The Balaban J connectivity index is 1.56. The van der Waals surface area contributed by atoms with Crippen LogP contribution in [0.15, 0.2) is 48.5 Å². The Bertz CT molecular complexity index is 751. The summed E-state index contributed by atoms with van der Waals surface area (Å²) in [6, 6.07) is 12.9. The number of carbonyl (C=O) groups is 1. The van der Waals surface area contributed by atoms with Crippen LogP contribution >= 0.6 is 0 Å². The number of nitrogens with zero attached hydrogens (tertiary/aromatic N) is 1. The number of amides is 1. The Kier molecular flexibility index (Phi) is 5.99. The molecule has 2 atom stereocenters. The van der Waals surface area contributed by atoms with E-state index in [0.29, 0.717) is 36.6 Å². The van der Waals surface area contributed by atoms with E-state index in [0.717, 1.165) is 19.0 Å². The Morgan fingerprint density at radius 1 is 1.23 bits per heavy atom. The summed E-state index contributed by atoms with van der Waals surface area (Å²) < 4.78 is 27.1. The zero-order valence-electron chi connectivity index (χ0n) is 14.9. The van der Waals surface area contributed by atoms with Gasteiger partial charge < -0.3 is 10.2 Å². The molecule has 1 fully saturated rings. The molecule has 1 aliphatic heterocycles. The molecular formula is C21H24F2N2O. The highest BCUT2D eigenvalue weighted by molar-refractivity contribution is 5.94. The summed E-state index contributed by atoms with van der Waals surface area (Å²) in [5.74, 6) is -0.687. The molecule has 1 N–H and O–H groups in total. The van der Waals surface area contributed by atoms with E-state index in [1.54, 1.807) is 0 Å². The van der Waals surface area contributed by atoms with Gasteiger partial charge in [-0.05, 0) is 37.0 Å². The van der Waals surface area contributed by atoms with Gasteiger partial charge in [-0.3, -0.25) is 4.79 Å². The van der Waals surface area contributed by atoms with Gasteiger partial charge in [-0.15, -0.1) is 0 Å². The SMILES string of the molecule is CCC(NCC1CCN(C(=O)c2ccccc2)C1)c1ccc(F)cc1F. The number of hydrogen-bond donors (Lipinski definition) is 1. The number of benzene rings is 2. The van der Waals surface area contributed by atoms with E-state index < -0.39 is 11.6 Å². The van der Waals surface area contributed by atoms with Crippen LogP contribution in [0.1, 0.15) is 41.7 Å². The van der Waals surface area contributed by atoms with Gasteiger partial charge in [0.15, 0.2) is 0 Å². The molecule has 0 aliphatic carbocycles. The fourth-order valence-electron chi connectivity index (χ4n) is 3.51. The van der Waals surface area contributed by atoms with E-state index in [-0.39, 0.29) is 11.9 Å². The molecule has 0 bridgehead atoms. The van der Waals surface area contributed by atoms with E-state index in [4.69, 9.17) is 0 Å². The first-order valence-corrected chi connectivity index (χ1v) is 9.11. The number of rotatable bonds is 6. The Morgan fingerprint density at radius 2 is 2.00 bits per heavy atom. The first kappa shape index (κ1) is 18.5. The van der Waals surface area contributed by atoms with Gasteiger partial charge in [0.2, 0.25) is 0 Å². The van der Waals surface area contributed by atoms with Crippen LogP contribution in [-0.4, -0.2) is 30.4 Å². The maximum atomic E-state index is 14.0. The monoisotopic (exact) mass is 358 g/mol. The fourth-order valence-corrected chi connectivity index (χ4v) is 3.51. The molecule has 1 saturated heterocycles. The fraction of sp³-hybridized carbons (Fsp3) is 0.381. The smallest absolute Gasteiger partial charge is 0.253 e. The molecule has 3 nitrogen and oxygen atoms in total. The predicted octanol–water partition coefficient (Wildman–Crippen LogP) is 4.17. The molecule has 2 unspecified atom stereocenters. The van der Waals surface area contributed by atoms with E-state index >= 15 is 0 Å². The van der Waals surface area contributed by atoms with Crippen molar-refractivity contribution in [2.75, 3.05) is 19.6 Å². The third-order valence-corrected chi connectivity index (χ3v) is 4.99. The average Bonchev–Trinajstić information content (AvgIpc) is 3.12. The van der Waals surface area contributed by atoms with Crippen molar-refractivity contribution < 1.29 is 13.6 Å². The van der Waals surface area contributed by atoms with Crippen LogP contribution in [0.3, 0.4) is 0 Å². The Hall–Kier alpha value is -2.27. The lowest BCUT2D eigenvalue weighted by Crippen LogP contribution is -2.32. The molecule has 0 spiro atoms. The molecule has 2 aromatic carbocycles. The summed E-state index contributed by atoms with van der Waals surface area (Å²) in [5, 5.41) is 3.39. The van der Waals surface area contributed by atoms with Gasteiger partial charge in [0, 0.05) is 42.9 Å². The van der Waals surface area contributed by atoms with Crippen molar-refractivity contribution >= 4 is 5.91 Å². The Morgan fingerprint density at radius 3 is 2.69 bits per heavy atom. The standard InChI is InChI=1S/C21H24F2N2O/c1-2-20(18-9-8-17(22)12-19(18)23)24-13-15-10-11-25(14-15)21(26)16-6-4-3-5-7-16/h3-9,12,15,20,24H,2,10-11,13-14H2,1H3. The second-order valence-corrected chi connectivity index (χ2v) is 6.81. The summed E-state index contributed by atoms with van der Waals surface area (Å²) >= 11 is 0. The molecule has 1 heterocycles. The molecule has 0 radical (unpaired) electrons. The Labute approximate surface area is 153 Å². The maximum Gasteiger partial charge on any atom is 0.253 e. The maximum absolute atomic E-state index is 14.0. The first-order chi connectivity index (χ1) is 12.6. The lowest BCUT2D eigenvalue weighted by molar-refractivity contribution is 0.0787. The molecule has 1 aliphatic rings. The van der Waals surface area contributed by atoms with Crippen LogP contribution in [0.5, 0.6) is 0 Å². The third-order valence-electron chi connectivity index (χ3n) is 4.99. The number of carbonyl (C=O) groups excluding carboxylic acids is 1. The van der Waals surface area contributed by atoms with E-state index in [9.17, 15) is 13.6 Å². The summed E-state index contributed by atoms with van der Waals surface area (Å²) in [6.07, 6.45) is 1.63. The molecular weight excluding hydrogens is 334 g/mol. The molecule has 26 heavy (non-hydrogen) atoms. The van der Waals surface area contributed by atoms with Crippen LogP contribution in [0, 0.1) is 17.6 Å². The first-order valence-electron chi connectivity index (χ1n) is 9.11. The van der Waals surface area contributed by atoms with Crippen LogP contribution in [0.2, 0.25) is 0 Å². The highest BCUT2D eigenvalue weighted by Gasteiger charge is 2.27. The van der Waals surface area contributed by atoms with Gasteiger partial charge in [-0.1, -0.05) is 31.2 Å². The summed E-state index contributed by atoms with van der Waals surface area (Å²) in [7, 11) is 0. The van der Waals surface area contributed by atoms with Gasteiger partial charge in [-0.25, -0.2) is 8.78 Å². The molecule has 138 valence electrons. The number of hydrogen-bond acceptors (Lipinski definition) is 2. The predicted molar refractivity (Wildman–Crippen MR) is 97.8 cm³/mol. The minimum atomic E-state index is -0.563. The topological polar surface area (TPSA) is 32.3 Å². The minimum absolute atomic E-state index is 0.0599. The van der Waals surface area contributed by atoms with Crippen LogP contribution in [0.25, 0.3) is 0 Å². The average molecular weight is 358 g/mol. The summed E-state index contributed by atoms with van der Waals surface area (Å²) in [4.78, 5) is 14.4. The highest BCUT2D eigenvalue weighted by atomic mass is 19.1. The van der Waals surface area contributed by atoms with Gasteiger partial charge in [0.25, 0.3) is 5.91 Å². The van der Waals surface area contributed by atoms with Crippen molar-refractivity contribution in [2.24, 2.45) is 5.92 Å². The minimum Gasteiger partial charge on any atom is -0.338 e. The van der Waals surface area contributed by atoms with Crippen LogP contribution < -0.4 is 5.32 Å². The molecule has 0 aromatic heterocycles. The van der Waals surface area contributed by atoms with Crippen molar-refractivity contribution in [1.29, 1.82) is 0 Å². The largest absolute Gasteiger partial charge is 0.338 e. The van der Waals surface area contributed by atoms with Gasteiger partial charge in [0.1, 0.15) is 11.6 Å². The molecule has 2 aromatic rings.